The summed E-state index contributed by atoms with van der Waals surface area (Å²) in [6.07, 6.45) is -2.47. The Bertz CT molecular complexity index is 2550. The Morgan fingerprint density at radius 1 is 0.787 bits per heavy atom. The smallest absolute Gasteiger partial charge is 0.361 e. The van der Waals surface area contributed by atoms with Gasteiger partial charge in [-0.15, -0.1) is 11.3 Å². The maximum atomic E-state index is 14.3. The molecule has 0 saturated heterocycles. The molecule has 8 N–H and O–H groups in total. The summed E-state index contributed by atoms with van der Waals surface area (Å²) >= 11 is 1.04. The number of thiazole rings is 1. The van der Waals surface area contributed by atoms with Crippen molar-refractivity contribution in [1.82, 2.24) is 51.8 Å². The number of hydrogen-bond donors (Lipinski definition) is 8. The first kappa shape index (κ1) is 43.5. The molecule has 3 aromatic heterocycles. The van der Waals surface area contributed by atoms with Gasteiger partial charge in [0.25, 0.3) is 11.8 Å². The van der Waals surface area contributed by atoms with Gasteiger partial charge in [-0.2, -0.15) is 13.2 Å². The average Bonchev–Trinajstić information content (AvgIpc) is 3.97. The van der Waals surface area contributed by atoms with Gasteiger partial charge in [0.1, 0.15) is 28.8 Å². The van der Waals surface area contributed by atoms with E-state index in [1.807, 2.05) is 6.07 Å². The van der Waals surface area contributed by atoms with Gasteiger partial charge in [0.2, 0.25) is 29.5 Å². The number of para-hydroxylation sites is 1. The molecule has 0 spiro atoms. The topological polar surface area (TPSA) is 239 Å². The Kier molecular flexibility index (Phi) is 12.9. The fourth-order valence-corrected chi connectivity index (χ4v) is 7.54. The molecule has 17 nitrogen and oxygen atoms in total. The molecule has 0 fully saturated rings. The highest BCUT2D eigenvalue weighted by Gasteiger charge is 2.35. The lowest BCUT2D eigenvalue weighted by molar-refractivity contribution is -0.136. The van der Waals surface area contributed by atoms with Crippen LogP contribution in [0.5, 0.6) is 0 Å². The fraction of sp³-hybridized carbons (Fsp3) is 0.300. The molecule has 4 heterocycles. The van der Waals surface area contributed by atoms with Crippen molar-refractivity contribution in [3.05, 3.63) is 99.9 Å². The van der Waals surface area contributed by atoms with Crippen LogP contribution in [0.4, 0.5) is 13.2 Å². The normalized spacial score (nSPS) is 21.0. The highest BCUT2D eigenvalue weighted by atomic mass is 32.1. The van der Waals surface area contributed by atoms with Crippen LogP contribution in [-0.2, 0) is 47.8 Å². The lowest BCUT2D eigenvalue weighted by Gasteiger charge is -2.24. The molecular formula is C40H41F3N10O7S. The SMILES string of the molecule is C=C1NC(=O)[C@@H](C)NC(=O)CNC(=O)[C@H](Cc2c[nH]c3cccc(C(F)(F)F)c23)NC(=O)[C@H](Cc2c[nH]c3ccccc23)NC(=O)c2csc(n2)[C@@H](C)NC(=O)CN(C)C1=O. The van der Waals surface area contributed by atoms with E-state index >= 15 is 0 Å². The van der Waals surface area contributed by atoms with Crippen molar-refractivity contribution in [2.24, 2.45) is 0 Å². The molecule has 5 aromatic rings. The van der Waals surface area contributed by atoms with Crippen LogP contribution in [0, 0.1) is 0 Å². The summed E-state index contributed by atoms with van der Waals surface area (Å²) in [4.78, 5) is 105. The number of aromatic nitrogens is 3. The second-order valence-electron chi connectivity index (χ2n) is 14.4. The zero-order valence-corrected chi connectivity index (χ0v) is 33.7. The average molecular weight is 863 g/mol. The number of likely N-dealkylation sites (N-methyl/N-ethyl adjacent to an activating group) is 1. The van der Waals surface area contributed by atoms with Crippen LogP contribution < -0.4 is 31.9 Å². The lowest BCUT2D eigenvalue weighted by atomic mass is 9.99. The van der Waals surface area contributed by atoms with E-state index in [0.29, 0.717) is 10.6 Å². The number of alkyl halides is 3. The number of carbonyl (C=O) groups excluding carboxylic acids is 7. The van der Waals surface area contributed by atoms with Gasteiger partial charge in [0.05, 0.1) is 30.4 Å². The van der Waals surface area contributed by atoms with E-state index in [0.717, 1.165) is 33.2 Å². The molecule has 0 aliphatic carbocycles. The van der Waals surface area contributed by atoms with Crippen LogP contribution in [0.3, 0.4) is 0 Å². The van der Waals surface area contributed by atoms with Gasteiger partial charge in [0.15, 0.2) is 0 Å². The second-order valence-corrected chi connectivity index (χ2v) is 15.3. The first-order chi connectivity index (χ1) is 28.9. The molecule has 1 aliphatic rings. The highest BCUT2D eigenvalue weighted by molar-refractivity contribution is 7.09. The Hall–Kier alpha value is -7.03. The molecule has 0 unspecified atom stereocenters. The van der Waals surface area contributed by atoms with Gasteiger partial charge in [-0.3, -0.25) is 33.6 Å². The third kappa shape index (κ3) is 10.2. The summed E-state index contributed by atoms with van der Waals surface area (Å²) in [5, 5.41) is 17.2. The van der Waals surface area contributed by atoms with Crippen molar-refractivity contribution >= 4 is 74.5 Å². The van der Waals surface area contributed by atoms with Gasteiger partial charge in [0, 0.05) is 59.5 Å². The molecule has 1 aliphatic heterocycles. The largest absolute Gasteiger partial charge is 0.417 e. The molecule has 0 saturated carbocycles. The van der Waals surface area contributed by atoms with Crippen LogP contribution in [0.1, 0.15) is 52.1 Å². The van der Waals surface area contributed by atoms with Crippen molar-refractivity contribution in [2.45, 2.75) is 57.0 Å². The van der Waals surface area contributed by atoms with Crippen molar-refractivity contribution in [2.75, 3.05) is 20.1 Å². The molecule has 6 rings (SSSR count). The van der Waals surface area contributed by atoms with Crippen LogP contribution in [0.2, 0.25) is 0 Å². The minimum atomic E-state index is -4.78. The third-order valence-corrected chi connectivity index (χ3v) is 10.9. The number of hydrogen-bond acceptors (Lipinski definition) is 9. The lowest BCUT2D eigenvalue weighted by Crippen LogP contribution is -2.56. The zero-order valence-electron chi connectivity index (χ0n) is 32.9. The van der Waals surface area contributed by atoms with E-state index in [1.165, 1.54) is 37.7 Å². The number of fused-ring (bicyclic) bond motifs is 4. The van der Waals surface area contributed by atoms with Crippen LogP contribution in [0.15, 0.2) is 72.5 Å². The first-order valence-corrected chi connectivity index (χ1v) is 19.7. The molecule has 21 heteroatoms. The first-order valence-electron chi connectivity index (χ1n) is 18.8. The van der Waals surface area contributed by atoms with Gasteiger partial charge in [-0.05, 0) is 43.2 Å². The number of nitrogens with zero attached hydrogens (tertiary/aromatic N) is 2. The van der Waals surface area contributed by atoms with Gasteiger partial charge < -0.3 is 46.8 Å². The Morgan fingerprint density at radius 2 is 1.44 bits per heavy atom. The van der Waals surface area contributed by atoms with E-state index < -0.39 is 102 Å². The minimum absolute atomic E-state index is 0.0140. The predicted molar refractivity (Wildman–Crippen MR) is 216 cm³/mol. The molecule has 7 amide bonds. The summed E-state index contributed by atoms with van der Waals surface area (Å²) in [6, 6.07) is 5.69. The minimum Gasteiger partial charge on any atom is -0.361 e. The monoisotopic (exact) mass is 862 g/mol. The van der Waals surface area contributed by atoms with E-state index in [2.05, 4.69) is 53.4 Å². The van der Waals surface area contributed by atoms with E-state index in [9.17, 15) is 46.7 Å². The number of rotatable bonds is 4. The summed E-state index contributed by atoms with van der Waals surface area (Å²) in [5.41, 5.74) is -0.0305. The molecule has 61 heavy (non-hydrogen) atoms. The fourth-order valence-electron chi connectivity index (χ4n) is 6.73. The maximum Gasteiger partial charge on any atom is 0.417 e. The molecule has 2 aromatic carbocycles. The van der Waals surface area contributed by atoms with Crippen molar-refractivity contribution in [1.29, 1.82) is 0 Å². The summed E-state index contributed by atoms with van der Waals surface area (Å²) in [6.45, 7) is 5.25. The summed E-state index contributed by atoms with van der Waals surface area (Å²) in [5.74, 6) is -5.81. The Labute approximate surface area is 349 Å². The molecular weight excluding hydrogens is 822 g/mol. The Morgan fingerprint density at radius 3 is 2.20 bits per heavy atom. The number of benzene rings is 2. The van der Waals surface area contributed by atoms with Crippen LogP contribution in [0.25, 0.3) is 21.8 Å². The maximum absolute atomic E-state index is 14.3. The highest BCUT2D eigenvalue weighted by Crippen LogP contribution is 2.36. The second kappa shape index (κ2) is 18.1. The van der Waals surface area contributed by atoms with Crippen molar-refractivity contribution in [3.63, 3.8) is 0 Å². The van der Waals surface area contributed by atoms with E-state index in [1.54, 1.807) is 31.3 Å². The molecule has 0 radical (unpaired) electrons. The van der Waals surface area contributed by atoms with Crippen molar-refractivity contribution in [3.8, 4) is 0 Å². The van der Waals surface area contributed by atoms with Crippen LogP contribution >= 0.6 is 11.3 Å². The van der Waals surface area contributed by atoms with Gasteiger partial charge in [-0.1, -0.05) is 30.8 Å². The number of aromatic amines is 2. The quantitative estimate of drug-likeness (QED) is 0.124. The summed E-state index contributed by atoms with van der Waals surface area (Å²) < 4.78 is 42.6. The van der Waals surface area contributed by atoms with E-state index in [-0.39, 0.29) is 28.6 Å². The van der Waals surface area contributed by atoms with Gasteiger partial charge in [-0.25, -0.2) is 4.98 Å². The van der Waals surface area contributed by atoms with Gasteiger partial charge >= 0.3 is 6.18 Å². The molecule has 4 atom stereocenters. The summed E-state index contributed by atoms with van der Waals surface area (Å²) in [7, 11) is 1.30. The molecule has 2 bridgehead atoms. The zero-order chi connectivity index (χ0) is 44.2. The number of amides is 7. The number of H-pyrrole nitrogens is 2. The number of nitrogens with one attached hydrogen (secondary N) is 8. The van der Waals surface area contributed by atoms with E-state index in [4.69, 9.17) is 0 Å². The standard InChI is InChI=1S/C40H41F3N10O7S/c1-19-34(56)49-21(3)39(60)53(4)17-32(55)48-20(2)38-52-30(18-61-38)37(59)51-29(12-22-14-44-26-10-6-5-8-24(22)26)36(58)50-28(35(57)46-16-31(54)47-19)13-23-15-45-27-11-7-9-25(33(23)27)40(41,42)43/h5-11,14-15,18-20,28-29,44-45H,3,12-13,16-17H2,1-2,4H3,(H,46,57)(H,47,54)(H,48,55)(H,49,56)(H,50,58)(H,51,59)/t19-,20-,28+,29+/m1/s1. The third-order valence-electron chi connectivity index (χ3n) is 9.83. The van der Waals surface area contributed by atoms with Crippen molar-refractivity contribution < 1.29 is 46.7 Å². The number of halogens is 3. The van der Waals surface area contributed by atoms with Crippen LogP contribution in [-0.4, -0.2) is 99.5 Å². The number of carbonyl (C=O) groups is 7. The Balaban J connectivity index is 1.36. The predicted octanol–water partition coefficient (Wildman–Crippen LogP) is 2.09. The molecule has 320 valence electrons.